The number of ether oxygens (including phenoxy) is 2. The summed E-state index contributed by atoms with van der Waals surface area (Å²) in [5.74, 6) is 1.36. The van der Waals surface area contributed by atoms with Gasteiger partial charge in [-0.15, -0.1) is 0 Å². The fourth-order valence-corrected chi connectivity index (χ4v) is 4.90. The van der Waals surface area contributed by atoms with E-state index in [1.165, 1.54) is 45.2 Å². The van der Waals surface area contributed by atoms with E-state index in [-0.39, 0.29) is 5.91 Å². The van der Waals surface area contributed by atoms with E-state index in [1.54, 1.807) is 0 Å². The standard InChI is InChI=1S/C25H40N2O3/c1-3-30-25(15-8-10-21(2)20-25)24(28)26-22-11-13-23(14-12-22)29-19-9-18-27-16-6-4-5-7-17-27/h11-14,21H,3-10,15-20H2,1-2H3,(H,26,28). The minimum atomic E-state index is -0.686. The Hall–Kier alpha value is -1.59. The minimum absolute atomic E-state index is 0.0120. The first-order valence-corrected chi connectivity index (χ1v) is 12.0. The van der Waals surface area contributed by atoms with Gasteiger partial charge in [0.1, 0.15) is 11.4 Å². The van der Waals surface area contributed by atoms with Crippen LogP contribution in [-0.4, -0.2) is 49.3 Å². The van der Waals surface area contributed by atoms with Crippen molar-refractivity contribution < 1.29 is 14.3 Å². The summed E-state index contributed by atoms with van der Waals surface area (Å²) in [7, 11) is 0. The van der Waals surface area contributed by atoms with E-state index in [0.717, 1.165) is 50.3 Å². The summed E-state index contributed by atoms with van der Waals surface area (Å²) in [5.41, 5.74) is 0.115. The number of carbonyl (C=O) groups excluding carboxylic acids is 1. The largest absolute Gasteiger partial charge is 0.494 e. The molecule has 2 fully saturated rings. The monoisotopic (exact) mass is 416 g/mol. The summed E-state index contributed by atoms with van der Waals surface area (Å²) in [6.07, 6.45) is 10.3. The number of amides is 1. The average molecular weight is 417 g/mol. The Kier molecular flexibility index (Phi) is 9.01. The lowest BCUT2D eigenvalue weighted by molar-refractivity contribution is -0.147. The molecule has 1 heterocycles. The van der Waals surface area contributed by atoms with Gasteiger partial charge in [0.2, 0.25) is 0 Å². The van der Waals surface area contributed by atoms with Gasteiger partial charge in [0.05, 0.1) is 6.61 Å². The van der Waals surface area contributed by atoms with Crippen molar-refractivity contribution in [2.24, 2.45) is 5.92 Å². The first-order valence-electron chi connectivity index (χ1n) is 12.0. The van der Waals surface area contributed by atoms with Crippen molar-refractivity contribution in [1.82, 2.24) is 4.90 Å². The second-order valence-electron chi connectivity index (χ2n) is 9.07. The van der Waals surface area contributed by atoms with Crippen LogP contribution in [0.5, 0.6) is 5.75 Å². The molecule has 2 atom stereocenters. The Morgan fingerprint density at radius 1 is 1.13 bits per heavy atom. The Morgan fingerprint density at radius 2 is 1.87 bits per heavy atom. The summed E-state index contributed by atoms with van der Waals surface area (Å²) in [5, 5.41) is 3.08. The SMILES string of the molecule is CCOC1(C(=O)Nc2ccc(OCCCN3CCCCCC3)cc2)CCCC(C)C1. The zero-order valence-corrected chi connectivity index (χ0v) is 19.0. The molecular weight excluding hydrogens is 376 g/mol. The van der Waals surface area contributed by atoms with Crippen molar-refractivity contribution in [1.29, 1.82) is 0 Å². The van der Waals surface area contributed by atoms with E-state index in [2.05, 4.69) is 17.1 Å². The Balaban J connectivity index is 1.44. The van der Waals surface area contributed by atoms with Crippen LogP contribution >= 0.6 is 0 Å². The molecule has 1 saturated heterocycles. The van der Waals surface area contributed by atoms with Crippen LogP contribution in [0.15, 0.2) is 24.3 Å². The lowest BCUT2D eigenvalue weighted by Crippen LogP contribution is -2.48. The highest BCUT2D eigenvalue weighted by atomic mass is 16.5. The van der Waals surface area contributed by atoms with Gasteiger partial charge in [-0.2, -0.15) is 0 Å². The number of hydrogen-bond donors (Lipinski definition) is 1. The van der Waals surface area contributed by atoms with E-state index in [9.17, 15) is 4.79 Å². The number of carbonyl (C=O) groups is 1. The number of anilines is 1. The lowest BCUT2D eigenvalue weighted by Gasteiger charge is -2.38. The molecule has 5 heteroatoms. The van der Waals surface area contributed by atoms with Crippen molar-refractivity contribution in [3.8, 4) is 5.75 Å². The van der Waals surface area contributed by atoms with Crippen LogP contribution in [0.1, 0.15) is 71.6 Å². The predicted molar refractivity (Wildman–Crippen MR) is 122 cm³/mol. The highest BCUT2D eigenvalue weighted by molar-refractivity contribution is 5.97. The molecule has 1 saturated carbocycles. The quantitative estimate of drug-likeness (QED) is 0.558. The van der Waals surface area contributed by atoms with Gasteiger partial charge in [-0.3, -0.25) is 4.79 Å². The fourth-order valence-electron chi connectivity index (χ4n) is 4.90. The molecule has 0 bridgehead atoms. The third kappa shape index (κ3) is 6.71. The van der Waals surface area contributed by atoms with E-state index >= 15 is 0 Å². The van der Waals surface area contributed by atoms with Gasteiger partial charge in [0.15, 0.2) is 0 Å². The maximum Gasteiger partial charge on any atom is 0.256 e. The van der Waals surface area contributed by atoms with Gasteiger partial charge in [-0.25, -0.2) is 0 Å². The Labute approximate surface area is 182 Å². The third-order valence-corrected chi connectivity index (χ3v) is 6.49. The first kappa shape index (κ1) is 23.1. The van der Waals surface area contributed by atoms with Crippen molar-refractivity contribution in [2.45, 2.75) is 77.2 Å². The molecule has 0 spiro atoms. The number of hydrogen-bond acceptors (Lipinski definition) is 4. The maximum atomic E-state index is 13.0. The highest BCUT2D eigenvalue weighted by Crippen LogP contribution is 2.36. The zero-order valence-electron chi connectivity index (χ0n) is 19.0. The Bertz CT molecular complexity index is 636. The fraction of sp³-hybridized carbons (Fsp3) is 0.720. The molecule has 2 aliphatic rings. The van der Waals surface area contributed by atoms with Gasteiger partial charge >= 0.3 is 0 Å². The highest BCUT2D eigenvalue weighted by Gasteiger charge is 2.42. The van der Waals surface area contributed by atoms with Crippen LogP contribution in [0.2, 0.25) is 0 Å². The van der Waals surface area contributed by atoms with Crippen molar-refractivity contribution in [2.75, 3.05) is 38.2 Å². The van der Waals surface area contributed by atoms with Crippen LogP contribution < -0.4 is 10.1 Å². The summed E-state index contributed by atoms with van der Waals surface area (Å²) in [6, 6.07) is 7.73. The second kappa shape index (κ2) is 11.7. The van der Waals surface area contributed by atoms with Crippen molar-refractivity contribution in [3.05, 3.63) is 24.3 Å². The molecule has 1 aromatic rings. The number of benzene rings is 1. The lowest BCUT2D eigenvalue weighted by atomic mass is 9.78. The van der Waals surface area contributed by atoms with Crippen molar-refractivity contribution in [3.63, 3.8) is 0 Å². The summed E-state index contributed by atoms with van der Waals surface area (Å²) < 4.78 is 11.9. The average Bonchev–Trinajstić information content (AvgIpc) is 3.01. The maximum absolute atomic E-state index is 13.0. The van der Waals surface area contributed by atoms with Crippen molar-refractivity contribution >= 4 is 11.6 Å². The smallest absolute Gasteiger partial charge is 0.256 e. The van der Waals surface area contributed by atoms with Gasteiger partial charge in [-0.05, 0) is 88.7 Å². The number of likely N-dealkylation sites (tertiary alicyclic amines) is 1. The van der Waals surface area contributed by atoms with E-state index in [1.807, 2.05) is 31.2 Å². The number of nitrogens with zero attached hydrogens (tertiary/aromatic N) is 1. The summed E-state index contributed by atoms with van der Waals surface area (Å²) >= 11 is 0. The normalized spacial score (nSPS) is 25.5. The summed E-state index contributed by atoms with van der Waals surface area (Å²) in [4.78, 5) is 15.6. The van der Waals surface area contributed by atoms with Crippen LogP contribution in [0.4, 0.5) is 5.69 Å². The molecule has 168 valence electrons. The van der Waals surface area contributed by atoms with Gasteiger partial charge in [-0.1, -0.05) is 26.2 Å². The molecular formula is C25H40N2O3. The molecule has 1 amide bonds. The first-order chi connectivity index (χ1) is 14.6. The van der Waals surface area contributed by atoms with E-state index in [0.29, 0.717) is 12.5 Å². The minimum Gasteiger partial charge on any atom is -0.494 e. The second-order valence-corrected chi connectivity index (χ2v) is 9.07. The van der Waals surface area contributed by atoms with Gasteiger partial charge in [0.25, 0.3) is 5.91 Å². The summed E-state index contributed by atoms with van der Waals surface area (Å²) in [6.45, 7) is 9.04. The van der Waals surface area contributed by atoms with Gasteiger partial charge in [0, 0.05) is 18.8 Å². The molecule has 3 rings (SSSR count). The molecule has 1 aliphatic heterocycles. The molecule has 1 aliphatic carbocycles. The molecule has 0 radical (unpaired) electrons. The van der Waals surface area contributed by atoms with Gasteiger partial charge < -0.3 is 19.7 Å². The topological polar surface area (TPSA) is 50.8 Å². The number of rotatable bonds is 9. The molecule has 30 heavy (non-hydrogen) atoms. The zero-order chi connectivity index (χ0) is 21.2. The molecule has 5 nitrogen and oxygen atoms in total. The number of nitrogens with one attached hydrogen (secondary N) is 1. The van der Waals surface area contributed by atoms with E-state index < -0.39 is 5.60 Å². The molecule has 2 unspecified atom stereocenters. The molecule has 1 N–H and O–H groups in total. The van der Waals surface area contributed by atoms with Crippen LogP contribution in [-0.2, 0) is 9.53 Å². The predicted octanol–water partition coefficient (Wildman–Crippen LogP) is 5.26. The van der Waals surface area contributed by atoms with E-state index in [4.69, 9.17) is 9.47 Å². The molecule has 1 aromatic carbocycles. The third-order valence-electron chi connectivity index (χ3n) is 6.49. The van der Waals surface area contributed by atoms with Crippen LogP contribution in [0.25, 0.3) is 0 Å². The van der Waals surface area contributed by atoms with Crippen LogP contribution in [0.3, 0.4) is 0 Å². The molecule has 0 aromatic heterocycles. The Morgan fingerprint density at radius 3 is 2.53 bits per heavy atom. The van der Waals surface area contributed by atoms with Crippen LogP contribution in [0, 0.1) is 5.92 Å².